The summed E-state index contributed by atoms with van der Waals surface area (Å²) >= 11 is 0. The Morgan fingerprint density at radius 1 is 0.895 bits per heavy atom. The zero-order valence-corrected chi connectivity index (χ0v) is 13.1. The lowest BCUT2D eigenvalue weighted by atomic mass is 9.85. The van der Waals surface area contributed by atoms with Gasteiger partial charge in [-0.25, -0.2) is 0 Å². The number of aliphatic imine (C=N–C) groups is 1. The second-order valence-electron chi connectivity index (χ2n) is 6.85. The first kappa shape index (κ1) is 14.8. The Bertz CT molecular complexity index is 317. The number of dihydropyridines is 1. The van der Waals surface area contributed by atoms with Gasteiger partial charge in [-0.05, 0) is 30.8 Å². The second kappa shape index (κ2) is 7.26. The lowest BCUT2D eigenvalue weighted by Gasteiger charge is -2.27. The van der Waals surface area contributed by atoms with Crippen LogP contribution in [0.4, 0.5) is 0 Å². The molecule has 0 amide bonds. The lowest BCUT2D eigenvalue weighted by Crippen LogP contribution is -2.25. The molecule has 0 radical (unpaired) electrons. The highest BCUT2D eigenvalue weighted by molar-refractivity contribution is 5.97. The van der Waals surface area contributed by atoms with Gasteiger partial charge in [0.25, 0.3) is 0 Å². The molecular formula is C18H31N. The Morgan fingerprint density at radius 3 is 2.26 bits per heavy atom. The van der Waals surface area contributed by atoms with Crippen molar-refractivity contribution in [3.63, 3.8) is 0 Å². The van der Waals surface area contributed by atoms with Crippen LogP contribution < -0.4 is 0 Å². The van der Waals surface area contributed by atoms with E-state index >= 15 is 0 Å². The molecule has 0 saturated carbocycles. The van der Waals surface area contributed by atoms with Crippen molar-refractivity contribution in [2.24, 2.45) is 22.7 Å². The number of hydrogen-bond donors (Lipinski definition) is 0. The Hall–Kier alpha value is -0.590. The highest BCUT2D eigenvalue weighted by atomic mass is 14.8. The molecule has 0 aromatic carbocycles. The van der Waals surface area contributed by atoms with Gasteiger partial charge >= 0.3 is 0 Å². The van der Waals surface area contributed by atoms with Crippen molar-refractivity contribution in [2.45, 2.75) is 78.2 Å². The zero-order valence-electron chi connectivity index (χ0n) is 13.1. The third-order valence-corrected chi connectivity index (χ3v) is 5.28. The maximum atomic E-state index is 5.09. The van der Waals surface area contributed by atoms with E-state index < -0.39 is 0 Å². The molecule has 0 N–H and O–H groups in total. The quantitative estimate of drug-likeness (QED) is 0.553. The summed E-state index contributed by atoms with van der Waals surface area (Å²) in [4.78, 5) is 5.09. The fourth-order valence-electron chi connectivity index (χ4n) is 3.44. The molecule has 0 spiro atoms. The van der Waals surface area contributed by atoms with Crippen LogP contribution in [0.15, 0.2) is 17.1 Å². The van der Waals surface area contributed by atoms with E-state index in [0.29, 0.717) is 12.0 Å². The lowest BCUT2D eigenvalue weighted by molar-refractivity contribution is 0.406. The molecule has 2 heterocycles. The van der Waals surface area contributed by atoms with Crippen LogP contribution in [0, 0.1) is 17.8 Å². The highest BCUT2D eigenvalue weighted by Gasteiger charge is 2.23. The van der Waals surface area contributed by atoms with Crippen LogP contribution in [0.2, 0.25) is 0 Å². The minimum atomic E-state index is 0.551. The zero-order chi connectivity index (χ0) is 13.7. The maximum absolute atomic E-state index is 5.09. The first-order valence-corrected chi connectivity index (χ1v) is 8.42. The van der Waals surface area contributed by atoms with E-state index in [2.05, 4.69) is 32.9 Å². The van der Waals surface area contributed by atoms with Gasteiger partial charge in [-0.15, -0.1) is 0 Å². The Morgan fingerprint density at radius 2 is 1.53 bits per heavy atom. The van der Waals surface area contributed by atoms with E-state index in [1.807, 2.05) is 0 Å². The van der Waals surface area contributed by atoms with E-state index in [0.717, 1.165) is 18.3 Å². The predicted octanol–water partition coefficient (Wildman–Crippen LogP) is 5.41. The number of hydrogen-bond acceptors (Lipinski definition) is 1. The van der Waals surface area contributed by atoms with Gasteiger partial charge in [0.2, 0.25) is 0 Å². The van der Waals surface area contributed by atoms with Gasteiger partial charge in [0, 0.05) is 11.6 Å². The molecule has 1 nitrogen and oxygen atoms in total. The minimum Gasteiger partial charge on any atom is -0.286 e. The summed E-state index contributed by atoms with van der Waals surface area (Å²) in [5, 5.41) is 0. The largest absolute Gasteiger partial charge is 0.286 e. The van der Waals surface area contributed by atoms with Crippen molar-refractivity contribution >= 4 is 5.71 Å². The van der Waals surface area contributed by atoms with Crippen LogP contribution in [-0.4, -0.2) is 11.8 Å². The number of fused-ring (bicyclic) bond motifs is 1. The molecule has 2 aliphatic rings. The normalized spacial score (nSPS) is 37.7. The number of nitrogens with zero attached hydrogens (tertiary/aromatic N) is 1. The molecule has 0 aromatic heterocycles. The SMILES string of the molecule is CC1CCCCCCC[C@H](C)C2CC=CC(=N2)C1C. The third-order valence-electron chi connectivity index (χ3n) is 5.28. The number of rotatable bonds is 0. The topological polar surface area (TPSA) is 12.4 Å². The van der Waals surface area contributed by atoms with E-state index in [1.165, 1.54) is 50.7 Å². The molecule has 0 fully saturated rings. The molecular weight excluding hydrogens is 230 g/mol. The molecule has 19 heavy (non-hydrogen) atoms. The minimum absolute atomic E-state index is 0.551. The molecule has 0 saturated heterocycles. The summed E-state index contributed by atoms with van der Waals surface area (Å²) in [6.07, 6.45) is 15.6. The van der Waals surface area contributed by atoms with Crippen molar-refractivity contribution in [3.8, 4) is 0 Å². The summed E-state index contributed by atoms with van der Waals surface area (Å²) in [5.41, 5.74) is 1.37. The summed E-state index contributed by atoms with van der Waals surface area (Å²) < 4.78 is 0. The Labute approximate surface area is 119 Å². The first-order chi connectivity index (χ1) is 9.18. The van der Waals surface area contributed by atoms with Crippen molar-refractivity contribution in [1.29, 1.82) is 0 Å². The van der Waals surface area contributed by atoms with Gasteiger partial charge < -0.3 is 0 Å². The van der Waals surface area contributed by atoms with Crippen LogP contribution in [-0.2, 0) is 0 Å². The third kappa shape index (κ3) is 4.19. The Balaban J connectivity index is 2.09. The van der Waals surface area contributed by atoms with Crippen molar-refractivity contribution < 1.29 is 0 Å². The average Bonchev–Trinajstić information content (AvgIpc) is 2.44. The van der Waals surface area contributed by atoms with Gasteiger partial charge in [0.05, 0.1) is 6.04 Å². The van der Waals surface area contributed by atoms with E-state index in [4.69, 9.17) is 4.99 Å². The van der Waals surface area contributed by atoms with Crippen molar-refractivity contribution in [1.82, 2.24) is 0 Å². The standard InChI is InChI=1S/C18H31N/c1-14-10-7-5-4-6-8-11-15(2)17-12-9-13-18(19-17)16(14)3/h9,13-17H,4-8,10-12H2,1-3H3/t14?,15-,16?,17?/m0/s1. The molecule has 0 aliphatic carbocycles. The highest BCUT2D eigenvalue weighted by Crippen LogP contribution is 2.28. The summed E-state index contributed by atoms with van der Waals surface area (Å²) in [6.45, 7) is 7.19. The molecule has 0 aromatic rings. The van der Waals surface area contributed by atoms with E-state index in [1.54, 1.807) is 0 Å². The summed E-state index contributed by atoms with van der Waals surface area (Å²) in [6, 6.07) is 0.551. The number of allylic oxidation sites excluding steroid dienone is 1. The van der Waals surface area contributed by atoms with Crippen LogP contribution >= 0.6 is 0 Å². The predicted molar refractivity (Wildman–Crippen MR) is 84.8 cm³/mol. The fourth-order valence-corrected chi connectivity index (χ4v) is 3.44. The monoisotopic (exact) mass is 261 g/mol. The molecule has 2 rings (SSSR count). The van der Waals surface area contributed by atoms with E-state index in [9.17, 15) is 0 Å². The van der Waals surface area contributed by atoms with E-state index in [-0.39, 0.29) is 0 Å². The molecule has 2 aliphatic heterocycles. The molecule has 3 unspecified atom stereocenters. The van der Waals surface area contributed by atoms with Gasteiger partial charge in [-0.3, -0.25) is 4.99 Å². The summed E-state index contributed by atoms with van der Waals surface area (Å²) in [5.74, 6) is 2.16. The van der Waals surface area contributed by atoms with Gasteiger partial charge in [-0.2, -0.15) is 0 Å². The molecule has 1 heteroatoms. The summed E-state index contributed by atoms with van der Waals surface area (Å²) in [7, 11) is 0. The van der Waals surface area contributed by atoms with Crippen LogP contribution in [0.5, 0.6) is 0 Å². The van der Waals surface area contributed by atoms with Crippen LogP contribution in [0.25, 0.3) is 0 Å². The fraction of sp³-hybridized carbons (Fsp3) is 0.833. The second-order valence-corrected chi connectivity index (χ2v) is 6.85. The van der Waals surface area contributed by atoms with Crippen molar-refractivity contribution in [2.75, 3.05) is 0 Å². The van der Waals surface area contributed by atoms with Gasteiger partial charge in [-0.1, -0.05) is 65.4 Å². The smallest absolute Gasteiger partial charge is 0.0563 e. The van der Waals surface area contributed by atoms with Crippen LogP contribution in [0.1, 0.15) is 72.1 Å². The Kier molecular flexibility index (Phi) is 5.66. The van der Waals surface area contributed by atoms with Crippen molar-refractivity contribution in [3.05, 3.63) is 12.2 Å². The van der Waals surface area contributed by atoms with Gasteiger partial charge in [0.15, 0.2) is 0 Å². The molecule has 4 atom stereocenters. The van der Waals surface area contributed by atoms with Gasteiger partial charge in [0.1, 0.15) is 0 Å². The average molecular weight is 261 g/mol. The molecule has 108 valence electrons. The first-order valence-electron chi connectivity index (χ1n) is 8.42. The maximum Gasteiger partial charge on any atom is 0.0563 e. The van der Waals surface area contributed by atoms with Crippen LogP contribution in [0.3, 0.4) is 0 Å². The molecule has 2 bridgehead atoms.